The summed E-state index contributed by atoms with van der Waals surface area (Å²) in [6.07, 6.45) is 1.71. The van der Waals surface area contributed by atoms with Gasteiger partial charge >= 0.3 is 10.1 Å². The van der Waals surface area contributed by atoms with Crippen LogP contribution in [-0.2, 0) is 10.1 Å². The summed E-state index contributed by atoms with van der Waals surface area (Å²) in [6, 6.07) is 36.4. The molecule has 0 radical (unpaired) electrons. The molecule has 0 saturated carbocycles. The highest BCUT2D eigenvalue weighted by Crippen LogP contribution is 2.27. The Morgan fingerprint density at radius 1 is 0.743 bits per heavy atom. The van der Waals surface area contributed by atoms with Crippen molar-refractivity contribution in [3.05, 3.63) is 127 Å². The van der Waals surface area contributed by atoms with E-state index in [1.54, 1.807) is 53.4 Å². The molecule has 0 unspecified atom stereocenters. The molecule has 0 aliphatic rings. The standard InChI is InChI=1S/C28H21N3O3S/c32-35(33,26-14-8-3-9-15-26)34-25-18-16-22(17-19-25)21-29-28-20-27(23-10-4-1-5-11-23)30-31(28)24-12-6-2-7-13-24/h1-21H. The molecular weight excluding hydrogens is 458 g/mol. The van der Waals surface area contributed by atoms with E-state index < -0.39 is 10.1 Å². The minimum absolute atomic E-state index is 0.106. The number of aliphatic imine (C=N–C) groups is 1. The van der Waals surface area contributed by atoms with Crippen molar-refractivity contribution in [1.82, 2.24) is 9.78 Å². The van der Waals surface area contributed by atoms with Gasteiger partial charge < -0.3 is 4.18 Å². The maximum atomic E-state index is 12.4. The monoisotopic (exact) mass is 479 g/mol. The van der Waals surface area contributed by atoms with Gasteiger partial charge in [0.1, 0.15) is 10.6 Å². The molecule has 0 bridgehead atoms. The van der Waals surface area contributed by atoms with Crippen molar-refractivity contribution >= 4 is 22.2 Å². The molecule has 0 amide bonds. The predicted octanol–water partition coefficient (Wildman–Crippen LogP) is 6.06. The van der Waals surface area contributed by atoms with E-state index in [1.165, 1.54) is 12.1 Å². The second-order valence-corrected chi connectivity index (χ2v) is 9.23. The van der Waals surface area contributed by atoms with Crippen LogP contribution >= 0.6 is 0 Å². The van der Waals surface area contributed by atoms with E-state index in [9.17, 15) is 8.42 Å². The van der Waals surface area contributed by atoms with Gasteiger partial charge in [-0.2, -0.15) is 13.5 Å². The molecule has 0 aliphatic carbocycles. The fourth-order valence-corrected chi connectivity index (χ4v) is 4.44. The highest BCUT2D eigenvalue weighted by atomic mass is 32.2. The first-order valence-electron chi connectivity index (χ1n) is 10.9. The van der Waals surface area contributed by atoms with Crippen molar-refractivity contribution in [3.8, 4) is 22.7 Å². The molecule has 0 N–H and O–H groups in total. The van der Waals surface area contributed by atoms with E-state index >= 15 is 0 Å². The lowest BCUT2D eigenvalue weighted by Crippen LogP contribution is -2.09. The topological polar surface area (TPSA) is 73.6 Å². The first-order valence-corrected chi connectivity index (χ1v) is 12.3. The third-order valence-electron chi connectivity index (χ3n) is 5.22. The normalized spacial score (nSPS) is 11.5. The summed E-state index contributed by atoms with van der Waals surface area (Å²) >= 11 is 0. The Balaban J connectivity index is 1.40. The lowest BCUT2D eigenvalue weighted by atomic mass is 10.2. The number of hydrogen-bond acceptors (Lipinski definition) is 5. The zero-order valence-corrected chi connectivity index (χ0v) is 19.4. The number of benzene rings is 4. The molecule has 0 aliphatic heterocycles. The summed E-state index contributed by atoms with van der Waals surface area (Å²) in [5, 5.41) is 4.76. The highest BCUT2D eigenvalue weighted by molar-refractivity contribution is 7.87. The Morgan fingerprint density at radius 3 is 2.00 bits per heavy atom. The Hall–Kier alpha value is -4.49. The minimum Gasteiger partial charge on any atom is -0.379 e. The Bertz CT molecular complexity index is 1550. The SMILES string of the molecule is O=S(=O)(Oc1ccc(C=Nc2cc(-c3ccccc3)nn2-c2ccccc2)cc1)c1ccccc1. The first kappa shape index (κ1) is 22.3. The molecule has 5 rings (SSSR count). The molecule has 172 valence electrons. The number of rotatable bonds is 7. The molecule has 4 aromatic carbocycles. The van der Waals surface area contributed by atoms with E-state index in [0.29, 0.717) is 5.82 Å². The van der Waals surface area contributed by atoms with Gasteiger partial charge in [0.25, 0.3) is 0 Å². The van der Waals surface area contributed by atoms with Crippen molar-refractivity contribution in [2.45, 2.75) is 4.90 Å². The fourth-order valence-electron chi connectivity index (χ4n) is 3.48. The average molecular weight is 480 g/mol. The molecule has 0 fully saturated rings. The van der Waals surface area contributed by atoms with Crippen LogP contribution in [0.3, 0.4) is 0 Å². The van der Waals surface area contributed by atoms with Gasteiger partial charge in [-0.3, -0.25) is 0 Å². The van der Waals surface area contributed by atoms with Crippen LogP contribution in [0.25, 0.3) is 16.9 Å². The van der Waals surface area contributed by atoms with Gasteiger partial charge in [0.15, 0.2) is 5.82 Å². The van der Waals surface area contributed by atoms with Crippen LogP contribution in [0.1, 0.15) is 5.56 Å². The molecular formula is C28H21N3O3S. The number of hydrogen-bond donors (Lipinski definition) is 0. The summed E-state index contributed by atoms with van der Waals surface area (Å²) in [5.74, 6) is 0.897. The molecule has 5 aromatic rings. The van der Waals surface area contributed by atoms with Gasteiger partial charge in [-0.25, -0.2) is 9.67 Å². The Labute approximate surface area is 203 Å². The molecule has 1 aromatic heterocycles. The van der Waals surface area contributed by atoms with Crippen LogP contribution < -0.4 is 4.18 Å². The number of aromatic nitrogens is 2. The van der Waals surface area contributed by atoms with E-state index in [1.807, 2.05) is 66.7 Å². The molecule has 0 spiro atoms. The zero-order chi connectivity index (χ0) is 24.1. The number of para-hydroxylation sites is 1. The zero-order valence-electron chi connectivity index (χ0n) is 18.6. The van der Waals surface area contributed by atoms with E-state index in [0.717, 1.165) is 22.5 Å². The Morgan fingerprint density at radius 2 is 1.34 bits per heavy atom. The van der Waals surface area contributed by atoms with Gasteiger partial charge in [0, 0.05) is 17.8 Å². The summed E-state index contributed by atoms with van der Waals surface area (Å²) in [5.41, 5.74) is 3.50. The Kier molecular flexibility index (Phi) is 6.24. The minimum atomic E-state index is -3.89. The quantitative estimate of drug-likeness (QED) is 0.210. The smallest absolute Gasteiger partial charge is 0.339 e. The molecule has 35 heavy (non-hydrogen) atoms. The summed E-state index contributed by atoms with van der Waals surface area (Å²) < 4.78 is 31.9. The maximum absolute atomic E-state index is 12.4. The fraction of sp³-hybridized carbons (Fsp3) is 0. The molecule has 0 atom stereocenters. The third-order valence-corrected chi connectivity index (χ3v) is 6.49. The van der Waals surface area contributed by atoms with Crippen LogP contribution in [0.2, 0.25) is 0 Å². The van der Waals surface area contributed by atoms with E-state index in [2.05, 4.69) is 4.99 Å². The molecule has 0 saturated heterocycles. The van der Waals surface area contributed by atoms with Crippen molar-refractivity contribution in [1.29, 1.82) is 0 Å². The van der Waals surface area contributed by atoms with E-state index in [-0.39, 0.29) is 10.6 Å². The maximum Gasteiger partial charge on any atom is 0.339 e. The largest absolute Gasteiger partial charge is 0.379 e. The summed E-state index contributed by atoms with van der Waals surface area (Å²) in [4.78, 5) is 4.77. The van der Waals surface area contributed by atoms with Crippen molar-refractivity contribution < 1.29 is 12.6 Å². The van der Waals surface area contributed by atoms with Crippen LogP contribution in [0.4, 0.5) is 5.82 Å². The van der Waals surface area contributed by atoms with Gasteiger partial charge in [0.05, 0.1) is 11.4 Å². The lowest BCUT2D eigenvalue weighted by Gasteiger charge is -2.07. The lowest BCUT2D eigenvalue weighted by molar-refractivity contribution is 0.486. The third kappa shape index (κ3) is 5.20. The number of nitrogens with zero attached hydrogens (tertiary/aromatic N) is 3. The van der Waals surface area contributed by atoms with Crippen molar-refractivity contribution in [2.75, 3.05) is 0 Å². The summed E-state index contributed by atoms with van der Waals surface area (Å²) in [6.45, 7) is 0. The first-order chi connectivity index (χ1) is 17.1. The summed E-state index contributed by atoms with van der Waals surface area (Å²) in [7, 11) is -3.89. The van der Waals surface area contributed by atoms with Crippen LogP contribution in [0, 0.1) is 0 Å². The highest BCUT2D eigenvalue weighted by Gasteiger charge is 2.16. The molecule has 1 heterocycles. The van der Waals surface area contributed by atoms with Crippen molar-refractivity contribution in [3.63, 3.8) is 0 Å². The van der Waals surface area contributed by atoms with Gasteiger partial charge in [0.2, 0.25) is 0 Å². The average Bonchev–Trinajstić information content (AvgIpc) is 3.34. The second kappa shape index (κ2) is 9.79. The van der Waals surface area contributed by atoms with E-state index in [4.69, 9.17) is 9.28 Å². The van der Waals surface area contributed by atoms with Crippen LogP contribution in [0.5, 0.6) is 5.75 Å². The second-order valence-electron chi connectivity index (χ2n) is 7.68. The molecule has 7 heteroatoms. The predicted molar refractivity (Wildman–Crippen MR) is 137 cm³/mol. The van der Waals surface area contributed by atoms with Crippen LogP contribution in [-0.4, -0.2) is 24.4 Å². The molecule has 6 nitrogen and oxygen atoms in total. The van der Waals surface area contributed by atoms with Crippen molar-refractivity contribution in [2.24, 2.45) is 4.99 Å². The van der Waals surface area contributed by atoms with Gasteiger partial charge in [-0.05, 0) is 54.1 Å². The van der Waals surface area contributed by atoms with Gasteiger partial charge in [-0.15, -0.1) is 0 Å². The van der Waals surface area contributed by atoms with Crippen LogP contribution in [0.15, 0.2) is 131 Å². The van der Waals surface area contributed by atoms with Gasteiger partial charge in [-0.1, -0.05) is 66.7 Å².